The Morgan fingerprint density at radius 2 is 2.18 bits per heavy atom. The van der Waals surface area contributed by atoms with Crippen molar-refractivity contribution in [2.45, 2.75) is 13.0 Å². The Labute approximate surface area is 108 Å². The van der Waals surface area contributed by atoms with Crippen molar-refractivity contribution in [1.29, 1.82) is 0 Å². The van der Waals surface area contributed by atoms with Crippen molar-refractivity contribution in [3.8, 4) is 10.6 Å². The largest absolute Gasteiger partial charge is 0.311 e. The van der Waals surface area contributed by atoms with Crippen LogP contribution in [0.5, 0.6) is 0 Å². The summed E-state index contributed by atoms with van der Waals surface area (Å²) in [5.41, 5.74) is 0.708. The molecule has 0 spiro atoms. The van der Waals surface area contributed by atoms with E-state index in [-0.39, 0.29) is 11.9 Å². The highest BCUT2D eigenvalue weighted by Crippen LogP contribution is 2.32. The van der Waals surface area contributed by atoms with Crippen LogP contribution in [0, 0.1) is 5.82 Å². The minimum atomic E-state index is -0.355. The number of hydrogen-bond acceptors (Lipinski definition) is 4. The molecule has 1 heterocycles. The van der Waals surface area contributed by atoms with Crippen molar-refractivity contribution in [2.75, 3.05) is 7.05 Å². The molecule has 0 saturated heterocycles. The van der Waals surface area contributed by atoms with Crippen molar-refractivity contribution in [1.82, 2.24) is 15.5 Å². The highest BCUT2D eigenvalue weighted by atomic mass is 35.5. The maximum Gasteiger partial charge on any atom is 0.149 e. The monoisotopic (exact) mass is 271 g/mol. The molecule has 2 aromatic rings. The van der Waals surface area contributed by atoms with Crippen LogP contribution in [0.15, 0.2) is 18.2 Å². The molecule has 0 radical (unpaired) electrons. The van der Waals surface area contributed by atoms with E-state index in [0.29, 0.717) is 15.6 Å². The maximum atomic E-state index is 12.9. The summed E-state index contributed by atoms with van der Waals surface area (Å²) in [6.45, 7) is 2.00. The highest BCUT2D eigenvalue weighted by Gasteiger charge is 2.13. The Hall–Kier alpha value is -1.04. The van der Waals surface area contributed by atoms with Crippen molar-refractivity contribution in [2.24, 2.45) is 0 Å². The molecule has 1 aromatic carbocycles. The van der Waals surface area contributed by atoms with Gasteiger partial charge in [-0.15, -0.1) is 10.2 Å². The minimum absolute atomic E-state index is 0.139. The molecule has 0 bridgehead atoms. The quantitative estimate of drug-likeness (QED) is 0.931. The van der Waals surface area contributed by atoms with Crippen LogP contribution in [0.3, 0.4) is 0 Å². The number of nitrogens with zero attached hydrogens (tertiary/aromatic N) is 2. The number of nitrogens with one attached hydrogen (secondary N) is 1. The van der Waals surface area contributed by atoms with E-state index in [9.17, 15) is 4.39 Å². The molecule has 3 nitrogen and oxygen atoms in total. The fourth-order valence-corrected chi connectivity index (χ4v) is 2.56. The molecule has 1 atom stereocenters. The number of benzene rings is 1. The highest BCUT2D eigenvalue weighted by molar-refractivity contribution is 7.14. The van der Waals surface area contributed by atoms with Gasteiger partial charge >= 0.3 is 0 Å². The Kier molecular flexibility index (Phi) is 3.71. The van der Waals surface area contributed by atoms with Crippen molar-refractivity contribution < 1.29 is 4.39 Å². The zero-order valence-corrected chi connectivity index (χ0v) is 10.9. The average molecular weight is 272 g/mol. The Morgan fingerprint density at radius 1 is 1.41 bits per heavy atom. The van der Waals surface area contributed by atoms with E-state index < -0.39 is 0 Å². The van der Waals surface area contributed by atoms with Crippen LogP contribution in [0.25, 0.3) is 10.6 Å². The first-order valence-electron chi connectivity index (χ1n) is 5.08. The molecule has 1 unspecified atom stereocenters. The SMILES string of the molecule is CNC(C)c1nnc(-c2ccc(F)cc2Cl)s1. The third-order valence-corrected chi connectivity index (χ3v) is 3.86. The summed E-state index contributed by atoms with van der Waals surface area (Å²) in [6, 6.07) is 4.40. The number of halogens is 2. The van der Waals surface area contributed by atoms with Gasteiger partial charge in [-0.1, -0.05) is 22.9 Å². The van der Waals surface area contributed by atoms with Crippen LogP contribution in [0.4, 0.5) is 4.39 Å². The maximum absolute atomic E-state index is 12.9. The third kappa shape index (κ3) is 2.62. The number of rotatable bonds is 3. The van der Waals surface area contributed by atoms with Crippen LogP contribution in [-0.4, -0.2) is 17.2 Å². The molecule has 0 aliphatic heterocycles. The summed E-state index contributed by atoms with van der Waals surface area (Å²) in [5.74, 6) is -0.355. The first kappa shape index (κ1) is 12.4. The van der Waals surface area contributed by atoms with Gasteiger partial charge in [0.05, 0.1) is 11.1 Å². The molecular formula is C11H11ClFN3S. The predicted octanol–water partition coefficient (Wildman–Crippen LogP) is 3.28. The van der Waals surface area contributed by atoms with E-state index in [4.69, 9.17) is 11.6 Å². The lowest BCUT2D eigenvalue weighted by Gasteiger charge is -2.03. The first-order valence-corrected chi connectivity index (χ1v) is 6.27. The van der Waals surface area contributed by atoms with Crippen LogP contribution < -0.4 is 5.32 Å². The number of aromatic nitrogens is 2. The summed E-state index contributed by atoms with van der Waals surface area (Å²) in [5, 5.41) is 13.2. The van der Waals surface area contributed by atoms with Crippen molar-refractivity contribution >= 4 is 22.9 Å². The van der Waals surface area contributed by atoms with Crippen molar-refractivity contribution in [3.63, 3.8) is 0 Å². The zero-order valence-electron chi connectivity index (χ0n) is 9.37. The summed E-state index contributed by atoms with van der Waals surface area (Å²) in [4.78, 5) is 0. The second kappa shape index (κ2) is 5.08. The molecule has 1 aromatic heterocycles. The fraction of sp³-hybridized carbons (Fsp3) is 0.273. The second-order valence-electron chi connectivity index (χ2n) is 3.58. The van der Waals surface area contributed by atoms with Gasteiger partial charge in [-0.25, -0.2) is 4.39 Å². The van der Waals surface area contributed by atoms with Crippen LogP contribution in [0.1, 0.15) is 18.0 Å². The standard InChI is InChI=1S/C11H11ClFN3S/c1-6(14-2)10-15-16-11(17-10)8-4-3-7(13)5-9(8)12/h3-6,14H,1-2H3. The molecule has 0 saturated carbocycles. The molecule has 2 rings (SSSR count). The Morgan fingerprint density at radius 3 is 2.82 bits per heavy atom. The van der Waals surface area contributed by atoms with Gasteiger partial charge in [0.15, 0.2) is 0 Å². The normalized spacial score (nSPS) is 12.7. The fourth-order valence-electron chi connectivity index (χ4n) is 1.30. The van der Waals surface area contributed by atoms with Crippen molar-refractivity contribution in [3.05, 3.63) is 34.0 Å². The van der Waals surface area contributed by atoms with Crippen LogP contribution in [0.2, 0.25) is 5.02 Å². The Bertz CT molecular complexity index is 529. The molecule has 0 aliphatic carbocycles. The summed E-state index contributed by atoms with van der Waals surface area (Å²) in [7, 11) is 1.86. The molecule has 90 valence electrons. The van der Waals surface area contributed by atoms with Crippen LogP contribution >= 0.6 is 22.9 Å². The summed E-state index contributed by atoms with van der Waals surface area (Å²) in [6.07, 6.45) is 0. The van der Waals surface area contributed by atoms with E-state index in [2.05, 4.69) is 15.5 Å². The van der Waals surface area contributed by atoms with Gasteiger partial charge < -0.3 is 5.32 Å². The van der Waals surface area contributed by atoms with Gasteiger partial charge in [0.1, 0.15) is 15.8 Å². The topological polar surface area (TPSA) is 37.8 Å². The number of hydrogen-bond donors (Lipinski definition) is 1. The van der Waals surface area contributed by atoms with Gasteiger partial charge in [-0.3, -0.25) is 0 Å². The minimum Gasteiger partial charge on any atom is -0.311 e. The third-order valence-electron chi connectivity index (χ3n) is 2.41. The predicted molar refractivity (Wildman–Crippen MR) is 67.8 cm³/mol. The molecular weight excluding hydrogens is 261 g/mol. The van der Waals surface area contributed by atoms with Gasteiger partial charge in [0, 0.05) is 5.56 Å². The van der Waals surface area contributed by atoms with E-state index in [1.165, 1.54) is 23.5 Å². The Balaban J connectivity index is 2.37. The molecule has 0 aliphatic rings. The van der Waals surface area contributed by atoms with Gasteiger partial charge in [-0.2, -0.15) is 0 Å². The summed E-state index contributed by atoms with van der Waals surface area (Å²) < 4.78 is 12.9. The molecule has 0 amide bonds. The van der Waals surface area contributed by atoms with Crippen LogP contribution in [-0.2, 0) is 0 Å². The van der Waals surface area contributed by atoms with E-state index in [1.807, 2.05) is 14.0 Å². The summed E-state index contributed by atoms with van der Waals surface area (Å²) >= 11 is 7.42. The van der Waals surface area contributed by atoms with Gasteiger partial charge in [0.25, 0.3) is 0 Å². The second-order valence-corrected chi connectivity index (χ2v) is 5.00. The first-order chi connectivity index (χ1) is 8.11. The lowest BCUT2D eigenvalue weighted by atomic mass is 10.2. The smallest absolute Gasteiger partial charge is 0.149 e. The lowest BCUT2D eigenvalue weighted by Crippen LogP contribution is -2.11. The van der Waals surface area contributed by atoms with E-state index >= 15 is 0 Å². The van der Waals surface area contributed by atoms with E-state index in [0.717, 1.165) is 5.01 Å². The lowest BCUT2D eigenvalue weighted by molar-refractivity contribution is 0.628. The van der Waals surface area contributed by atoms with E-state index in [1.54, 1.807) is 6.07 Å². The van der Waals surface area contributed by atoms with Gasteiger partial charge in [0.2, 0.25) is 0 Å². The molecule has 1 N–H and O–H groups in total. The molecule has 17 heavy (non-hydrogen) atoms. The molecule has 6 heteroatoms. The average Bonchev–Trinajstić information content (AvgIpc) is 2.77. The molecule has 0 fully saturated rings. The van der Waals surface area contributed by atoms with Gasteiger partial charge in [-0.05, 0) is 32.2 Å². The zero-order chi connectivity index (χ0) is 12.4.